The first kappa shape index (κ1) is 12.3. The van der Waals surface area contributed by atoms with E-state index < -0.39 is 6.09 Å². The Labute approximate surface area is 98.0 Å². The second kappa shape index (κ2) is 5.92. The van der Waals surface area contributed by atoms with Gasteiger partial charge in [-0.2, -0.15) is 0 Å². The lowest BCUT2D eigenvalue weighted by molar-refractivity contribution is 0.187. The van der Waals surface area contributed by atoms with Crippen molar-refractivity contribution >= 4 is 35.3 Å². The summed E-state index contributed by atoms with van der Waals surface area (Å²) >= 11 is 3.26. The second-order valence-corrected chi connectivity index (χ2v) is 4.32. The van der Waals surface area contributed by atoms with E-state index in [0.29, 0.717) is 0 Å². The highest BCUT2D eigenvalue weighted by molar-refractivity contribution is 8.01. The lowest BCUT2D eigenvalue weighted by atomic mass is 10.3. The van der Waals surface area contributed by atoms with Crippen LogP contribution in [-0.2, 0) is 4.74 Å². The number of amides is 1. The summed E-state index contributed by atoms with van der Waals surface area (Å²) in [4.78, 5) is 13.3. The molecule has 1 amide bonds. The molecule has 1 aromatic rings. The minimum atomic E-state index is -0.441. The van der Waals surface area contributed by atoms with Crippen LogP contribution in [0.4, 0.5) is 10.5 Å². The minimum absolute atomic E-state index is 0.441. The normalized spacial score (nSPS) is 9.80. The van der Waals surface area contributed by atoms with Crippen LogP contribution in [0.25, 0.3) is 0 Å². The monoisotopic (exact) mass is 243 g/mol. The van der Waals surface area contributed by atoms with Gasteiger partial charge in [0.25, 0.3) is 0 Å². The molecule has 3 nitrogen and oxygen atoms in total. The maximum absolute atomic E-state index is 11.1. The van der Waals surface area contributed by atoms with Gasteiger partial charge in [-0.3, -0.25) is 5.32 Å². The summed E-state index contributed by atoms with van der Waals surface area (Å²) in [6.45, 7) is 0. The standard InChI is InChI=1S/C10H13NO2S2/c1-13-10(12)11-7-5-4-6-8(14-2)9(7)15-3/h4-6H,1-3H3,(H,11,12). The predicted octanol–water partition coefficient (Wildman–Crippen LogP) is 3.31. The first-order valence-electron chi connectivity index (χ1n) is 4.29. The molecule has 0 aromatic heterocycles. The molecule has 15 heavy (non-hydrogen) atoms. The van der Waals surface area contributed by atoms with Gasteiger partial charge in [-0.05, 0) is 24.6 Å². The molecule has 1 rings (SSSR count). The zero-order chi connectivity index (χ0) is 11.3. The fourth-order valence-electron chi connectivity index (χ4n) is 1.15. The Balaban J connectivity index is 3.00. The van der Waals surface area contributed by atoms with E-state index >= 15 is 0 Å². The van der Waals surface area contributed by atoms with Crippen LogP contribution in [0, 0.1) is 0 Å². The molecule has 5 heteroatoms. The molecule has 0 aliphatic rings. The summed E-state index contributed by atoms with van der Waals surface area (Å²) in [6.07, 6.45) is 3.55. The van der Waals surface area contributed by atoms with E-state index in [1.807, 2.05) is 30.7 Å². The molecule has 0 fully saturated rings. The van der Waals surface area contributed by atoms with E-state index in [2.05, 4.69) is 10.1 Å². The van der Waals surface area contributed by atoms with Crippen LogP contribution < -0.4 is 5.32 Å². The number of anilines is 1. The fourth-order valence-corrected chi connectivity index (χ4v) is 2.76. The van der Waals surface area contributed by atoms with E-state index in [0.717, 1.165) is 15.5 Å². The smallest absolute Gasteiger partial charge is 0.411 e. The maximum atomic E-state index is 11.1. The van der Waals surface area contributed by atoms with Gasteiger partial charge in [-0.25, -0.2) is 4.79 Å². The molecule has 82 valence electrons. The van der Waals surface area contributed by atoms with Gasteiger partial charge in [-0.1, -0.05) is 6.07 Å². The molecule has 0 radical (unpaired) electrons. The third-order valence-electron chi connectivity index (χ3n) is 1.83. The van der Waals surface area contributed by atoms with Gasteiger partial charge >= 0.3 is 6.09 Å². The number of methoxy groups -OCH3 is 1. The molecule has 0 spiro atoms. The number of benzene rings is 1. The van der Waals surface area contributed by atoms with Crippen molar-refractivity contribution < 1.29 is 9.53 Å². The van der Waals surface area contributed by atoms with Crippen LogP contribution in [0.2, 0.25) is 0 Å². The van der Waals surface area contributed by atoms with E-state index in [4.69, 9.17) is 0 Å². The molecule has 0 aliphatic carbocycles. The van der Waals surface area contributed by atoms with Crippen LogP contribution >= 0.6 is 23.5 Å². The number of carbonyl (C=O) groups excluding carboxylic acids is 1. The van der Waals surface area contributed by atoms with Crippen molar-refractivity contribution in [2.45, 2.75) is 9.79 Å². The molecule has 0 heterocycles. The van der Waals surface area contributed by atoms with Crippen molar-refractivity contribution in [3.63, 3.8) is 0 Å². The number of thioether (sulfide) groups is 2. The Morgan fingerprint density at radius 3 is 2.60 bits per heavy atom. The van der Waals surface area contributed by atoms with Gasteiger partial charge < -0.3 is 4.74 Å². The van der Waals surface area contributed by atoms with Crippen molar-refractivity contribution in [1.29, 1.82) is 0 Å². The lowest BCUT2D eigenvalue weighted by Crippen LogP contribution is -2.11. The van der Waals surface area contributed by atoms with Crippen LogP contribution in [0.15, 0.2) is 28.0 Å². The summed E-state index contributed by atoms with van der Waals surface area (Å²) < 4.78 is 4.56. The molecule has 1 N–H and O–H groups in total. The topological polar surface area (TPSA) is 38.3 Å². The highest BCUT2D eigenvalue weighted by Crippen LogP contribution is 2.34. The van der Waals surface area contributed by atoms with Gasteiger partial charge in [0, 0.05) is 9.79 Å². The van der Waals surface area contributed by atoms with Crippen LogP contribution in [0.1, 0.15) is 0 Å². The van der Waals surface area contributed by atoms with E-state index in [1.165, 1.54) is 7.11 Å². The Morgan fingerprint density at radius 2 is 2.07 bits per heavy atom. The molecule has 0 atom stereocenters. The zero-order valence-electron chi connectivity index (χ0n) is 8.87. The Kier molecular flexibility index (Phi) is 4.84. The highest BCUT2D eigenvalue weighted by Gasteiger charge is 2.09. The molecular weight excluding hydrogens is 230 g/mol. The van der Waals surface area contributed by atoms with Crippen molar-refractivity contribution in [2.24, 2.45) is 0 Å². The number of hydrogen-bond acceptors (Lipinski definition) is 4. The molecule has 1 aromatic carbocycles. The lowest BCUT2D eigenvalue weighted by Gasteiger charge is -2.11. The summed E-state index contributed by atoms with van der Waals surface area (Å²) in [5.41, 5.74) is 0.793. The van der Waals surface area contributed by atoms with Gasteiger partial charge in [0.15, 0.2) is 0 Å². The quantitative estimate of drug-likeness (QED) is 0.827. The molecule has 0 bridgehead atoms. The van der Waals surface area contributed by atoms with Crippen molar-refractivity contribution in [2.75, 3.05) is 24.9 Å². The van der Waals surface area contributed by atoms with Crippen LogP contribution in [0.3, 0.4) is 0 Å². The average Bonchev–Trinajstić information content (AvgIpc) is 2.28. The summed E-state index contributed by atoms with van der Waals surface area (Å²) in [6, 6.07) is 5.80. The van der Waals surface area contributed by atoms with E-state index in [1.54, 1.807) is 23.5 Å². The second-order valence-electron chi connectivity index (χ2n) is 2.66. The Hall–Kier alpha value is -0.810. The molecule has 0 unspecified atom stereocenters. The van der Waals surface area contributed by atoms with Crippen molar-refractivity contribution in [3.05, 3.63) is 18.2 Å². The largest absolute Gasteiger partial charge is 0.453 e. The summed E-state index contributed by atoms with van der Waals surface area (Å²) in [5, 5.41) is 2.69. The van der Waals surface area contributed by atoms with Gasteiger partial charge in [0.2, 0.25) is 0 Å². The zero-order valence-corrected chi connectivity index (χ0v) is 10.5. The number of rotatable bonds is 3. The molecule has 0 aliphatic heterocycles. The van der Waals surface area contributed by atoms with Crippen LogP contribution in [-0.4, -0.2) is 25.7 Å². The molecule has 0 saturated carbocycles. The van der Waals surface area contributed by atoms with Crippen LogP contribution in [0.5, 0.6) is 0 Å². The molecule has 0 saturated heterocycles. The SMILES string of the molecule is COC(=O)Nc1cccc(SC)c1SC. The first-order valence-corrected chi connectivity index (χ1v) is 6.73. The Bertz CT molecular complexity index is 355. The van der Waals surface area contributed by atoms with E-state index in [-0.39, 0.29) is 0 Å². The third-order valence-corrected chi connectivity index (χ3v) is 3.58. The Morgan fingerprint density at radius 1 is 1.33 bits per heavy atom. The highest BCUT2D eigenvalue weighted by atomic mass is 32.2. The fraction of sp³-hybridized carbons (Fsp3) is 0.300. The van der Waals surface area contributed by atoms with Gasteiger partial charge in [-0.15, -0.1) is 23.5 Å². The van der Waals surface area contributed by atoms with Gasteiger partial charge in [0.05, 0.1) is 12.8 Å². The number of ether oxygens (including phenoxy) is 1. The molecular formula is C10H13NO2S2. The summed E-state index contributed by atoms with van der Waals surface area (Å²) in [7, 11) is 1.35. The maximum Gasteiger partial charge on any atom is 0.411 e. The summed E-state index contributed by atoms with van der Waals surface area (Å²) in [5.74, 6) is 0. The first-order chi connectivity index (χ1) is 7.22. The van der Waals surface area contributed by atoms with Crippen molar-refractivity contribution in [3.8, 4) is 0 Å². The number of carbonyl (C=O) groups is 1. The minimum Gasteiger partial charge on any atom is -0.453 e. The number of nitrogens with one attached hydrogen (secondary N) is 1. The number of hydrogen-bond donors (Lipinski definition) is 1. The van der Waals surface area contributed by atoms with E-state index in [9.17, 15) is 4.79 Å². The van der Waals surface area contributed by atoms with Gasteiger partial charge in [0.1, 0.15) is 0 Å². The average molecular weight is 243 g/mol. The third kappa shape index (κ3) is 3.07. The van der Waals surface area contributed by atoms with Crippen molar-refractivity contribution in [1.82, 2.24) is 0 Å². The predicted molar refractivity (Wildman–Crippen MR) is 66.0 cm³/mol.